The number of aliphatic hydroxyl groups is 1. The minimum Gasteiger partial charge on any atom is -0.384 e. The van der Waals surface area contributed by atoms with Gasteiger partial charge in [0.15, 0.2) is 0 Å². The average Bonchev–Trinajstić information content (AvgIpc) is 3.02. The molecule has 0 saturated heterocycles. The van der Waals surface area contributed by atoms with E-state index in [1.165, 1.54) is 12.1 Å². The topological polar surface area (TPSA) is 78.9 Å². The zero-order valence-corrected chi connectivity index (χ0v) is 16.3. The van der Waals surface area contributed by atoms with Crippen LogP contribution in [-0.4, -0.2) is 39.4 Å². The fourth-order valence-corrected chi connectivity index (χ4v) is 3.95. The van der Waals surface area contributed by atoms with Gasteiger partial charge in [0.05, 0.1) is 16.6 Å². The van der Waals surface area contributed by atoms with Crippen LogP contribution in [0, 0.1) is 17.1 Å². The summed E-state index contributed by atoms with van der Waals surface area (Å²) in [5, 5.41) is 18.8. The van der Waals surface area contributed by atoms with Gasteiger partial charge >= 0.3 is 0 Å². The molecule has 5 nitrogen and oxygen atoms in total. The monoisotopic (exact) mass is 407 g/mol. The molecule has 1 heterocycles. The van der Waals surface area contributed by atoms with Crippen molar-refractivity contribution >= 4 is 16.8 Å². The van der Waals surface area contributed by atoms with Gasteiger partial charge in [0.2, 0.25) is 0 Å². The number of rotatable bonds is 9. The first-order valence-electron chi connectivity index (χ1n) is 9.73. The zero-order chi connectivity index (χ0) is 21.2. The smallest absolute Gasteiger partial charge is 0.143 e. The molecule has 0 amide bonds. The molecule has 0 spiro atoms. The number of benzene rings is 1. The van der Waals surface area contributed by atoms with E-state index in [1.54, 1.807) is 0 Å². The molecule has 2 aromatic rings. The summed E-state index contributed by atoms with van der Waals surface area (Å²) in [6.45, 7) is -0.531. The van der Waals surface area contributed by atoms with Gasteiger partial charge in [-0.1, -0.05) is 0 Å². The number of ketones is 1. The molecule has 1 N–H and O–H groups in total. The van der Waals surface area contributed by atoms with E-state index in [1.807, 2.05) is 10.6 Å². The number of carbonyl (C=O) groups is 1. The molecule has 0 atom stereocenters. The van der Waals surface area contributed by atoms with Gasteiger partial charge in [-0.3, -0.25) is 4.79 Å². The second kappa shape index (κ2) is 8.15. The van der Waals surface area contributed by atoms with Crippen molar-refractivity contribution in [1.29, 1.82) is 5.26 Å². The molecule has 0 aliphatic heterocycles. The molecule has 1 saturated carbocycles. The first kappa shape index (κ1) is 21.3. The number of Topliss-reactive ketones (excluding diaryl/α,β-unsaturated/α-hetero) is 1. The summed E-state index contributed by atoms with van der Waals surface area (Å²) in [4.78, 5) is 16.5. The Morgan fingerprint density at radius 1 is 1.38 bits per heavy atom. The van der Waals surface area contributed by atoms with Crippen molar-refractivity contribution in [2.75, 3.05) is 13.3 Å². The van der Waals surface area contributed by atoms with Crippen LogP contribution in [0.3, 0.4) is 0 Å². The van der Waals surface area contributed by atoms with Gasteiger partial charge in [0, 0.05) is 30.9 Å². The van der Waals surface area contributed by atoms with Crippen molar-refractivity contribution in [1.82, 2.24) is 9.55 Å². The molecular formula is C21H24F3N3O2. The third-order valence-electron chi connectivity index (χ3n) is 5.78. The number of aryl methyl sites for hydroxylation is 1. The van der Waals surface area contributed by atoms with E-state index >= 15 is 0 Å². The highest BCUT2D eigenvalue weighted by Gasteiger charge is 2.37. The maximum atomic E-state index is 14.0. The summed E-state index contributed by atoms with van der Waals surface area (Å²) < 4.78 is 41.5. The van der Waals surface area contributed by atoms with Gasteiger partial charge < -0.3 is 9.67 Å². The van der Waals surface area contributed by atoms with E-state index < -0.39 is 37.0 Å². The second-order valence-electron chi connectivity index (χ2n) is 8.21. The number of hydrogen-bond donors (Lipinski definition) is 1. The molecule has 1 aliphatic carbocycles. The summed E-state index contributed by atoms with van der Waals surface area (Å²) >= 11 is 0. The highest BCUT2D eigenvalue weighted by atomic mass is 19.1. The van der Waals surface area contributed by atoms with Crippen molar-refractivity contribution in [2.45, 2.75) is 63.0 Å². The Morgan fingerprint density at radius 2 is 2.07 bits per heavy atom. The van der Waals surface area contributed by atoms with Crippen LogP contribution in [-0.2, 0) is 16.8 Å². The SMILES string of the molecule is CC1(n2c(CCCC(=O)CC(O)(CF)CF)nc3cc(F)c(C#N)cc32)CCC1. The second-order valence-corrected chi connectivity index (χ2v) is 8.21. The van der Waals surface area contributed by atoms with Gasteiger partial charge in [-0.05, 0) is 38.7 Å². The normalized spacial score (nSPS) is 15.9. The lowest BCUT2D eigenvalue weighted by Gasteiger charge is -2.41. The predicted octanol–water partition coefficient (Wildman–Crippen LogP) is 3.90. The Labute approximate surface area is 167 Å². The maximum absolute atomic E-state index is 14.0. The minimum atomic E-state index is -2.24. The molecule has 1 fully saturated rings. The van der Waals surface area contributed by atoms with Crippen LogP contribution in [0.4, 0.5) is 13.2 Å². The molecule has 29 heavy (non-hydrogen) atoms. The Morgan fingerprint density at radius 3 is 2.62 bits per heavy atom. The number of nitrogens with zero attached hydrogens (tertiary/aromatic N) is 3. The number of alkyl halides is 2. The highest BCUT2D eigenvalue weighted by molar-refractivity contribution is 5.80. The average molecular weight is 407 g/mol. The predicted molar refractivity (Wildman–Crippen MR) is 101 cm³/mol. The fraction of sp³-hybridized carbons (Fsp3) is 0.571. The Balaban J connectivity index is 1.81. The van der Waals surface area contributed by atoms with Crippen LogP contribution in [0.25, 0.3) is 11.0 Å². The van der Waals surface area contributed by atoms with E-state index in [0.29, 0.717) is 29.7 Å². The van der Waals surface area contributed by atoms with Crippen LogP contribution in [0.15, 0.2) is 12.1 Å². The number of nitriles is 1. The number of halogens is 3. The van der Waals surface area contributed by atoms with Gasteiger partial charge in [-0.15, -0.1) is 0 Å². The summed E-state index contributed by atoms with van der Waals surface area (Å²) in [6.07, 6.45) is 3.23. The number of hydrogen-bond acceptors (Lipinski definition) is 4. The molecule has 3 rings (SSSR count). The number of imidazole rings is 1. The van der Waals surface area contributed by atoms with Crippen molar-refractivity contribution in [3.05, 3.63) is 29.3 Å². The molecule has 8 heteroatoms. The van der Waals surface area contributed by atoms with Crippen molar-refractivity contribution in [3.63, 3.8) is 0 Å². The van der Waals surface area contributed by atoms with Gasteiger partial charge in [-0.25, -0.2) is 18.2 Å². The summed E-state index contributed by atoms with van der Waals surface area (Å²) in [7, 11) is 0. The third-order valence-corrected chi connectivity index (χ3v) is 5.78. The number of carbonyl (C=O) groups excluding carboxylic acids is 1. The Hall–Kier alpha value is -2.40. The standard InChI is InChI=1S/C21H24F3N3O2/c1-20(6-3-7-20)27-18-8-14(11-25)16(24)9-17(18)26-19(27)5-2-4-15(28)10-21(29,12-22)13-23/h8-9,29H,2-7,10,12-13H2,1H3. The highest BCUT2D eigenvalue weighted by Crippen LogP contribution is 2.42. The quantitative estimate of drug-likeness (QED) is 0.684. The Kier molecular flexibility index (Phi) is 5.99. The van der Waals surface area contributed by atoms with Crippen molar-refractivity contribution in [3.8, 4) is 6.07 Å². The van der Waals surface area contributed by atoms with Gasteiger partial charge in [0.1, 0.15) is 42.4 Å². The van der Waals surface area contributed by atoms with E-state index in [-0.39, 0.29) is 17.5 Å². The van der Waals surface area contributed by atoms with E-state index in [4.69, 9.17) is 5.26 Å². The molecule has 156 valence electrons. The molecular weight excluding hydrogens is 383 g/mol. The maximum Gasteiger partial charge on any atom is 0.143 e. The Bertz CT molecular complexity index is 956. The largest absolute Gasteiger partial charge is 0.384 e. The first-order chi connectivity index (χ1) is 13.7. The summed E-state index contributed by atoms with van der Waals surface area (Å²) in [5.41, 5.74) is -1.31. The van der Waals surface area contributed by atoms with Gasteiger partial charge in [0.25, 0.3) is 0 Å². The van der Waals surface area contributed by atoms with Crippen molar-refractivity contribution < 1.29 is 23.1 Å². The summed E-state index contributed by atoms with van der Waals surface area (Å²) in [6, 6.07) is 4.62. The lowest BCUT2D eigenvalue weighted by molar-refractivity contribution is -0.125. The van der Waals surface area contributed by atoms with Crippen LogP contribution in [0.2, 0.25) is 0 Å². The van der Waals surface area contributed by atoms with E-state index in [0.717, 1.165) is 19.3 Å². The van der Waals surface area contributed by atoms with E-state index in [2.05, 4.69) is 11.9 Å². The molecule has 0 bridgehead atoms. The number of fused-ring (bicyclic) bond motifs is 1. The third kappa shape index (κ3) is 4.15. The van der Waals surface area contributed by atoms with Crippen molar-refractivity contribution in [2.24, 2.45) is 0 Å². The molecule has 0 radical (unpaired) electrons. The van der Waals surface area contributed by atoms with Gasteiger partial charge in [-0.2, -0.15) is 5.26 Å². The number of aromatic nitrogens is 2. The van der Waals surface area contributed by atoms with Crippen LogP contribution in [0.1, 0.15) is 56.8 Å². The lowest BCUT2D eigenvalue weighted by atomic mass is 9.78. The lowest BCUT2D eigenvalue weighted by Crippen LogP contribution is -2.38. The van der Waals surface area contributed by atoms with E-state index in [9.17, 15) is 23.1 Å². The van der Waals surface area contributed by atoms with Crippen LogP contribution in [0.5, 0.6) is 0 Å². The fourth-order valence-electron chi connectivity index (χ4n) is 3.95. The summed E-state index contributed by atoms with van der Waals surface area (Å²) in [5.74, 6) is -0.351. The molecule has 1 aromatic heterocycles. The first-order valence-corrected chi connectivity index (χ1v) is 9.73. The van der Waals surface area contributed by atoms with Crippen LogP contribution >= 0.6 is 0 Å². The molecule has 1 aromatic carbocycles. The molecule has 1 aliphatic rings. The zero-order valence-electron chi connectivity index (χ0n) is 16.3. The molecule has 0 unspecified atom stereocenters. The minimum absolute atomic E-state index is 0.0416. The van der Waals surface area contributed by atoms with Crippen LogP contribution < -0.4 is 0 Å².